The van der Waals surface area contributed by atoms with Crippen LogP contribution < -0.4 is 0 Å². The van der Waals surface area contributed by atoms with Crippen LogP contribution in [0.15, 0.2) is 0 Å². The van der Waals surface area contributed by atoms with E-state index in [-0.39, 0.29) is 12.3 Å². The van der Waals surface area contributed by atoms with Crippen LogP contribution in [0.25, 0.3) is 0 Å². The molecule has 0 aliphatic carbocycles. The monoisotopic (exact) mass is 231 g/mol. The van der Waals surface area contributed by atoms with Crippen molar-refractivity contribution in [2.75, 3.05) is 13.1 Å². The van der Waals surface area contributed by atoms with Crippen molar-refractivity contribution in [3.63, 3.8) is 0 Å². The van der Waals surface area contributed by atoms with E-state index >= 15 is 0 Å². The predicted octanol–water partition coefficient (Wildman–Crippen LogP) is 2.27. The van der Waals surface area contributed by atoms with E-state index in [1.54, 1.807) is 0 Å². The summed E-state index contributed by atoms with van der Waals surface area (Å²) in [6.07, 6.45) is 1.45. The molecule has 0 saturated heterocycles. The number of aliphatic carboxylic acids is 1. The maximum Gasteiger partial charge on any atom is 0.407 e. The highest BCUT2D eigenvalue weighted by atomic mass is 16.4. The first-order chi connectivity index (χ1) is 7.51. The lowest BCUT2D eigenvalue weighted by molar-refractivity contribution is -0.138. The molecule has 0 aromatic carbocycles. The van der Waals surface area contributed by atoms with Gasteiger partial charge < -0.3 is 15.1 Å². The van der Waals surface area contributed by atoms with E-state index in [1.165, 1.54) is 4.90 Å². The van der Waals surface area contributed by atoms with E-state index in [0.29, 0.717) is 13.1 Å². The Balaban J connectivity index is 4.31. The molecule has 5 nitrogen and oxygen atoms in total. The van der Waals surface area contributed by atoms with E-state index in [4.69, 9.17) is 10.2 Å². The number of rotatable bonds is 8. The second-order valence-electron chi connectivity index (χ2n) is 3.98. The first kappa shape index (κ1) is 14.7. The van der Waals surface area contributed by atoms with Gasteiger partial charge in [0.15, 0.2) is 0 Å². The van der Waals surface area contributed by atoms with Crippen molar-refractivity contribution >= 4 is 12.1 Å². The van der Waals surface area contributed by atoms with Crippen LogP contribution in [0, 0.1) is 5.92 Å². The molecule has 5 heteroatoms. The van der Waals surface area contributed by atoms with E-state index in [9.17, 15) is 9.59 Å². The van der Waals surface area contributed by atoms with Crippen LogP contribution >= 0.6 is 0 Å². The van der Waals surface area contributed by atoms with E-state index in [1.807, 2.05) is 13.8 Å². The summed E-state index contributed by atoms with van der Waals surface area (Å²) in [6.45, 7) is 4.67. The molecule has 0 unspecified atom stereocenters. The highest BCUT2D eigenvalue weighted by Gasteiger charge is 2.19. The Hall–Kier alpha value is -1.26. The molecule has 2 N–H and O–H groups in total. The lowest BCUT2D eigenvalue weighted by Crippen LogP contribution is -2.35. The molecule has 1 amide bonds. The zero-order chi connectivity index (χ0) is 12.6. The van der Waals surface area contributed by atoms with Gasteiger partial charge in [-0.2, -0.15) is 0 Å². The largest absolute Gasteiger partial charge is 0.481 e. The van der Waals surface area contributed by atoms with Crippen molar-refractivity contribution in [1.29, 1.82) is 0 Å². The molecule has 0 aromatic heterocycles. The van der Waals surface area contributed by atoms with Crippen molar-refractivity contribution in [1.82, 2.24) is 4.90 Å². The summed E-state index contributed by atoms with van der Waals surface area (Å²) in [5.41, 5.74) is 0. The Morgan fingerprint density at radius 2 is 1.81 bits per heavy atom. The van der Waals surface area contributed by atoms with E-state index in [2.05, 4.69) is 0 Å². The van der Waals surface area contributed by atoms with Gasteiger partial charge in [-0.15, -0.1) is 0 Å². The van der Waals surface area contributed by atoms with Crippen LogP contribution in [0.1, 0.15) is 39.5 Å². The molecule has 0 aliphatic heterocycles. The van der Waals surface area contributed by atoms with Crippen LogP contribution in [0.5, 0.6) is 0 Å². The molecule has 0 aromatic rings. The fraction of sp³-hybridized carbons (Fsp3) is 0.818. The van der Waals surface area contributed by atoms with Gasteiger partial charge in [-0.25, -0.2) is 4.79 Å². The highest BCUT2D eigenvalue weighted by molar-refractivity contribution is 5.67. The molecular formula is C11H21NO4. The van der Waals surface area contributed by atoms with Gasteiger partial charge in [0.2, 0.25) is 0 Å². The number of carboxylic acid groups (broad SMARTS) is 2. The molecule has 0 radical (unpaired) electrons. The minimum atomic E-state index is -0.964. The zero-order valence-corrected chi connectivity index (χ0v) is 9.98. The normalized spacial score (nSPS) is 12.1. The third-order valence-corrected chi connectivity index (χ3v) is 2.40. The topological polar surface area (TPSA) is 77.8 Å². The summed E-state index contributed by atoms with van der Waals surface area (Å²) >= 11 is 0. The number of nitrogens with zero attached hydrogens (tertiary/aromatic N) is 1. The molecule has 0 aliphatic rings. The van der Waals surface area contributed by atoms with Gasteiger partial charge in [-0.05, 0) is 18.8 Å². The fourth-order valence-corrected chi connectivity index (χ4v) is 1.76. The summed E-state index contributed by atoms with van der Waals surface area (Å²) in [6, 6.07) is 0. The molecule has 94 valence electrons. The Morgan fingerprint density at radius 3 is 2.19 bits per heavy atom. The average molecular weight is 231 g/mol. The molecule has 0 spiro atoms. The minimum Gasteiger partial charge on any atom is -0.481 e. The maximum atomic E-state index is 10.9. The van der Waals surface area contributed by atoms with Crippen LogP contribution in [0.2, 0.25) is 0 Å². The Morgan fingerprint density at radius 1 is 1.19 bits per heavy atom. The quantitative estimate of drug-likeness (QED) is 0.671. The Bertz CT molecular complexity index is 230. The van der Waals surface area contributed by atoms with Crippen molar-refractivity contribution < 1.29 is 19.8 Å². The molecule has 16 heavy (non-hydrogen) atoms. The lowest BCUT2D eigenvalue weighted by atomic mass is 9.99. The smallest absolute Gasteiger partial charge is 0.407 e. The van der Waals surface area contributed by atoms with Gasteiger partial charge in [0, 0.05) is 19.5 Å². The van der Waals surface area contributed by atoms with E-state index < -0.39 is 12.1 Å². The molecular weight excluding hydrogens is 210 g/mol. The summed E-state index contributed by atoms with van der Waals surface area (Å²) in [7, 11) is 0. The average Bonchev–Trinajstić information content (AvgIpc) is 2.16. The molecule has 1 atom stereocenters. The van der Waals surface area contributed by atoms with Crippen LogP contribution in [-0.4, -0.2) is 40.3 Å². The van der Waals surface area contributed by atoms with Gasteiger partial charge in [-0.3, -0.25) is 4.79 Å². The van der Waals surface area contributed by atoms with Crippen molar-refractivity contribution in [2.45, 2.75) is 39.5 Å². The van der Waals surface area contributed by atoms with Crippen molar-refractivity contribution in [3.05, 3.63) is 0 Å². The van der Waals surface area contributed by atoms with Gasteiger partial charge in [0.1, 0.15) is 0 Å². The Kier molecular flexibility index (Phi) is 7.33. The summed E-state index contributed by atoms with van der Waals surface area (Å²) in [5.74, 6) is -0.939. The van der Waals surface area contributed by atoms with Crippen LogP contribution in [0.3, 0.4) is 0 Å². The second-order valence-corrected chi connectivity index (χ2v) is 3.98. The number of hydrogen-bond donors (Lipinski definition) is 2. The van der Waals surface area contributed by atoms with Crippen molar-refractivity contribution in [2.24, 2.45) is 5.92 Å². The van der Waals surface area contributed by atoms with Gasteiger partial charge in [0.05, 0.1) is 0 Å². The lowest BCUT2D eigenvalue weighted by Gasteiger charge is -2.23. The molecule has 0 fully saturated rings. The number of carbonyl (C=O) groups is 2. The fourth-order valence-electron chi connectivity index (χ4n) is 1.76. The third-order valence-electron chi connectivity index (χ3n) is 2.40. The predicted molar refractivity (Wildman–Crippen MR) is 60.5 cm³/mol. The zero-order valence-electron chi connectivity index (χ0n) is 9.98. The molecule has 0 bridgehead atoms. The van der Waals surface area contributed by atoms with Gasteiger partial charge >= 0.3 is 12.1 Å². The standard InChI is InChI=1S/C11H21NO4/c1-3-5-9(7-10(13)14)8-12(6-4-2)11(15)16/h9H,3-8H2,1-2H3,(H,13,14)(H,15,16)/t9-/m1/s1. The minimum absolute atomic E-state index is 0.0430. The maximum absolute atomic E-state index is 10.9. The molecule has 0 saturated carbocycles. The van der Waals surface area contributed by atoms with E-state index in [0.717, 1.165) is 19.3 Å². The number of hydrogen-bond acceptors (Lipinski definition) is 2. The first-order valence-electron chi connectivity index (χ1n) is 5.70. The number of carboxylic acids is 1. The van der Waals surface area contributed by atoms with Gasteiger partial charge in [-0.1, -0.05) is 20.3 Å². The number of amides is 1. The summed E-state index contributed by atoms with van der Waals surface area (Å²) < 4.78 is 0. The van der Waals surface area contributed by atoms with Crippen LogP contribution in [0.4, 0.5) is 4.79 Å². The molecule has 0 rings (SSSR count). The highest BCUT2D eigenvalue weighted by Crippen LogP contribution is 2.13. The first-order valence-corrected chi connectivity index (χ1v) is 5.70. The second kappa shape index (κ2) is 7.96. The Labute approximate surface area is 96.1 Å². The molecule has 0 heterocycles. The SMILES string of the molecule is CCC[C@H](CC(=O)O)CN(CCC)C(=O)O. The van der Waals surface area contributed by atoms with Crippen molar-refractivity contribution in [3.8, 4) is 0 Å². The van der Waals surface area contributed by atoms with Crippen LogP contribution in [-0.2, 0) is 4.79 Å². The third kappa shape index (κ3) is 6.27. The summed E-state index contributed by atoms with van der Waals surface area (Å²) in [4.78, 5) is 22.8. The van der Waals surface area contributed by atoms with Gasteiger partial charge in [0.25, 0.3) is 0 Å². The summed E-state index contributed by atoms with van der Waals surface area (Å²) in [5, 5.41) is 17.7.